The lowest BCUT2D eigenvalue weighted by molar-refractivity contribution is -0.135. The van der Waals surface area contributed by atoms with Gasteiger partial charge in [-0.05, 0) is 88.7 Å². The molecule has 5 heterocycles. The van der Waals surface area contributed by atoms with Gasteiger partial charge in [-0.15, -0.1) is 0 Å². The third kappa shape index (κ3) is 8.66. The van der Waals surface area contributed by atoms with Gasteiger partial charge in [0, 0.05) is 37.1 Å². The molecule has 5 aromatic carbocycles. The molecule has 2 aromatic heterocycles. The fourth-order valence-electron chi connectivity index (χ4n) is 9.99. The van der Waals surface area contributed by atoms with Crippen molar-refractivity contribution in [2.24, 2.45) is 5.92 Å². The van der Waals surface area contributed by atoms with E-state index in [4.69, 9.17) is 19.4 Å². The highest BCUT2D eigenvalue weighted by molar-refractivity contribution is 6.06. The van der Waals surface area contributed by atoms with Gasteiger partial charge < -0.3 is 44.8 Å². The number of carbonyl (C=O) groups is 4. The molecule has 0 radical (unpaired) electrons. The summed E-state index contributed by atoms with van der Waals surface area (Å²) in [5.74, 6) is 1.06. The van der Waals surface area contributed by atoms with Crippen LogP contribution in [0.2, 0.25) is 0 Å². The minimum absolute atomic E-state index is 0.114. The number of hydrogen-bond acceptors (Lipinski definition) is 8. The highest BCUT2D eigenvalue weighted by atomic mass is 16.5. The number of methoxy groups -OCH3 is 1. The molecule has 0 aliphatic carbocycles. The Bertz CT molecular complexity index is 2980. The van der Waals surface area contributed by atoms with Crippen LogP contribution in [0.3, 0.4) is 0 Å². The third-order valence-corrected chi connectivity index (χ3v) is 13.6. The van der Waals surface area contributed by atoms with Gasteiger partial charge in [0.2, 0.25) is 11.8 Å². The summed E-state index contributed by atoms with van der Waals surface area (Å²) >= 11 is 0. The highest BCUT2D eigenvalue weighted by Gasteiger charge is 2.39. The molecular formula is C52H55N9O6. The Labute approximate surface area is 388 Å². The van der Waals surface area contributed by atoms with Crippen molar-refractivity contribution in [1.29, 1.82) is 0 Å². The standard InChI is InChI=1S/C52H55N9O6/c1-31(2)44(58-52(65)66-3)49(62)61-22-8-12-43(61)48-54-40-20-18-37-28-36(17-19-39(37)46(40)56-48)33-13-14-35-29-38(16-15-34(35)27-33)41-30-53-47(55-41)42-11-7-21-60(42)50(63)45(32-9-5-4-6-10-32)57-51(64)59-23-25-67-26-24-59/h4-6,9-10,13-20,27-31,42-45H,7-8,11-12,21-26H2,1-3H3,(H,53,55)(H,54,56)(H,57,64)(H,58,65)/t42-,43-,44-,45+/m0/s1. The van der Waals surface area contributed by atoms with E-state index in [-0.39, 0.29) is 35.8 Å². The van der Waals surface area contributed by atoms with Crippen molar-refractivity contribution in [2.75, 3.05) is 46.5 Å². The number of nitrogens with zero attached hydrogens (tertiary/aromatic N) is 5. The normalized spacial score (nSPS) is 18.5. The molecule has 15 heteroatoms. The average Bonchev–Trinajstić information content (AvgIpc) is 4.21. The van der Waals surface area contributed by atoms with Gasteiger partial charge in [0.1, 0.15) is 23.7 Å². The fraction of sp³-hybridized carbons (Fsp3) is 0.346. The van der Waals surface area contributed by atoms with E-state index in [1.165, 1.54) is 7.11 Å². The van der Waals surface area contributed by atoms with Gasteiger partial charge in [0.15, 0.2) is 0 Å². The minimum Gasteiger partial charge on any atom is -0.453 e. The van der Waals surface area contributed by atoms with Gasteiger partial charge in [0.25, 0.3) is 0 Å². The van der Waals surface area contributed by atoms with Crippen LogP contribution >= 0.6 is 0 Å². The van der Waals surface area contributed by atoms with Crippen molar-refractivity contribution >= 4 is 56.5 Å². The smallest absolute Gasteiger partial charge is 0.407 e. The second-order valence-corrected chi connectivity index (χ2v) is 18.1. The van der Waals surface area contributed by atoms with Gasteiger partial charge >= 0.3 is 12.1 Å². The molecule has 3 fully saturated rings. The molecule has 5 amide bonds. The van der Waals surface area contributed by atoms with Crippen molar-refractivity contribution in [2.45, 2.75) is 63.7 Å². The second-order valence-electron chi connectivity index (χ2n) is 18.1. The Balaban J connectivity index is 0.851. The van der Waals surface area contributed by atoms with Gasteiger partial charge in [-0.3, -0.25) is 9.59 Å². The van der Waals surface area contributed by atoms with E-state index in [0.29, 0.717) is 39.4 Å². The van der Waals surface area contributed by atoms with Crippen LogP contribution < -0.4 is 10.6 Å². The largest absolute Gasteiger partial charge is 0.453 e. The predicted octanol–water partition coefficient (Wildman–Crippen LogP) is 8.42. The van der Waals surface area contributed by atoms with Crippen LogP contribution in [-0.4, -0.2) is 111 Å². The zero-order valence-corrected chi connectivity index (χ0v) is 38.0. The molecular weight excluding hydrogens is 847 g/mol. The van der Waals surface area contributed by atoms with Crippen LogP contribution in [0, 0.1) is 5.92 Å². The summed E-state index contributed by atoms with van der Waals surface area (Å²) in [6.07, 6.45) is 4.43. The van der Waals surface area contributed by atoms with Gasteiger partial charge in [0.05, 0.1) is 55.3 Å². The molecule has 0 unspecified atom stereocenters. The van der Waals surface area contributed by atoms with Crippen molar-refractivity contribution in [1.82, 2.24) is 45.3 Å². The number of morpholine rings is 1. The van der Waals surface area contributed by atoms with Crippen molar-refractivity contribution in [3.63, 3.8) is 0 Å². The van der Waals surface area contributed by atoms with Gasteiger partial charge in [-0.25, -0.2) is 19.6 Å². The molecule has 3 saturated heterocycles. The zero-order chi connectivity index (χ0) is 46.2. The topological polar surface area (TPSA) is 178 Å². The number of rotatable bonds is 10. The summed E-state index contributed by atoms with van der Waals surface area (Å²) in [7, 11) is 1.30. The maximum Gasteiger partial charge on any atom is 0.407 e. The molecule has 10 rings (SSSR count). The number of alkyl carbamates (subject to hydrolysis) is 1. The highest BCUT2D eigenvalue weighted by Crippen LogP contribution is 2.37. The molecule has 7 aromatic rings. The average molecular weight is 902 g/mol. The molecule has 15 nitrogen and oxygen atoms in total. The number of aromatic nitrogens is 4. The van der Waals surface area contributed by atoms with Crippen molar-refractivity contribution in [3.05, 3.63) is 120 Å². The molecule has 344 valence electrons. The molecule has 0 saturated carbocycles. The number of carbonyl (C=O) groups excluding carboxylic acids is 4. The number of likely N-dealkylation sites (tertiary alicyclic amines) is 2. The molecule has 4 N–H and O–H groups in total. The predicted molar refractivity (Wildman–Crippen MR) is 256 cm³/mol. The lowest BCUT2D eigenvalue weighted by Gasteiger charge is -2.32. The summed E-state index contributed by atoms with van der Waals surface area (Å²) in [6.45, 7) is 6.90. The lowest BCUT2D eigenvalue weighted by atomic mass is 9.97. The number of imidazole rings is 2. The first-order chi connectivity index (χ1) is 32.6. The van der Waals surface area contributed by atoms with Crippen molar-refractivity contribution < 1.29 is 28.7 Å². The SMILES string of the molecule is COC(=O)N[C@H](C(=O)N1CCC[C@H]1c1nc2c(ccc3cc(-c4ccc5cc(-c6cnc([C@@H]7CCCN7C(=O)[C@H](NC(=O)N7CCOCC7)c7ccccc7)[nH]6)ccc5c4)ccc32)[nH]1)C(C)C. The van der Waals surface area contributed by atoms with E-state index in [1.54, 1.807) is 4.90 Å². The second kappa shape index (κ2) is 18.6. The number of hydrogen-bond donors (Lipinski definition) is 4. The van der Waals surface area contributed by atoms with E-state index in [1.807, 2.05) is 66.2 Å². The first-order valence-corrected chi connectivity index (χ1v) is 23.3. The van der Waals surface area contributed by atoms with Crippen LogP contribution in [-0.2, 0) is 19.1 Å². The third-order valence-electron chi connectivity index (χ3n) is 13.6. The summed E-state index contributed by atoms with van der Waals surface area (Å²) in [6, 6.07) is 30.6. The molecule has 3 aliphatic rings. The minimum atomic E-state index is -0.830. The molecule has 67 heavy (non-hydrogen) atoms. The van der Waals surface area contributed by atoms with Crippen LogP contribution in [0.15, 0.2) is 103 Å². The van der Waals surface area contributed by atoms with E-state index < -0.39 is 18.2 Å². The lowest BCUT2D eigenvalue weighted by Crippen LogP contribution is -2.51. The van der Waals surface area contributed by atoms with Crippen LogP contribution in [0.5, 0.6) is 0 Å². The number of amides is 5. The monoisotopic (exact) mass is 901 g/mol. The number of ether oxygens (including phenoxy) is 2. The summed E-state index contributed by atoms with van der Waals surface area (Å²) in [4.78, 5) is 75.9. The quantitative estimate of drug-likeness (QED) is 0.106. The summed E-state index contributed by atoms with van der Waals surface area (Å²) in [5, 5.41) is 10.0. The van der Waals surface area contributed by atoms with E-state index in [2.05, 4.69) is 81.3 Å². The summed E-state index contributed by atoms with van der Waals surface area (Å²) < 4.78 is 10.2. The number of fused-ring (bicyclic) bond motifs is 4. The van der Waals surface area contributed by atoms with Crippen LogP contribution in [0.25, 0.3) is 55.0 Å². The van der Waals surface area contributed by atoms with Crippen molar-refractivity contribution in [3.8, 4) is 22.4 Å². The van der Waals surface area contributed by atoms with Gasteiger partial charge in [-0.2, -0.15) is 0 Å². The number of urea groups is 1. The Hall–Kier alpha value is -7.26. The summed E-state index contributed by atoms with van der Waals surface area (Å²) in [5.41, 5.74) is 6.54. The zero-order valence-electron chi connectivity index (χ0n) is 38.0. The molecule has 3 aliphatic heterocycles. The van der Waals surface area contributed by atoms with Gasteiger partial charge in [-0.1, -0.05) is 86.6 Å². The first kappa shape index (κ1) is 43.6. The number of nitrogens with one attached hydrogen (secondary N) is 4. The Morgan fingerprint density at radius 2 is 1.36 bits per heavy atom. The van der Waals surface area contributed by atoms with E-state index in [0.717, 1.165) is 97.9 Å². The maximum absolute atomic E-state index is 14.4. The molecule has 0 spiro atoms. The number of H-pyrrole nitrogens is 2. The Morgan fingerprint density at radius 1 is 0.716 bits per heavy atom. The number of benzene rings is 5. The molecule has 4 atom stereocenters. The molecule has 0 bridgehead atoms. The Morgan fingerprint density at radius 3 is 2.07 bits per heavy atom. The van der Waals surface area contributed by atoms with E-state index in [9.17, 15) is 19.2 Å². The van der Waals surface area contributed by atoms with Crippen LogP contribution in [0.1, 0.15) is 74.9 Å². The van der Waals surface area contributed by atoms with E-state index >= 15 is 0 Å². The fourth-order valence-corrected chi connectivity index (χ4v) is 9.99. The van der Waals surface area contributed by atoms with Crippen LogP contribution in [0.4, 0.5) is 9.59 Å². The Kier molecular flexibility index (Phi) is 12.1. The number of aromatic amines is 2. The first-order valence-electron chi connectivity index (χ1n) is 23.3. The maximum atomic E-state index is 14.4.